The fourth-order valence-electron chi connectivity index (χ4n) is 3.14. The van der Waals surface area contributed by atoms with Crippen LogP contribution in [0.1, 0.15) is 23.3 Å². The van der Waals surface area contributed by atoms with Crippen LogP contribution in [0.15, 0.2) is 41.1 Å². The molecule has 3 heterocycles. The summed E-state index contributed by atoms with van der Waals surface area (Å²) >= 11 is 8.12. The number of aryl methyl sites for hydroxylation is 2. The number of dihydropyridines is 1. The second-order valence-electron chi connectivity index (χ2n) is 5.83. The Labute approximate surface area is 149 Å². The van der Waals surface area contributed by atoms with Crippen molar-refractivity contribution in [1.29, 1.82) is 0 Å². The number of hydrogen-bond acceptors (Lipinski definition) is 6. The van der Waals surface area contributed by atoms with Gasteiger partial charge in [-0.3, -0.25) is 0 Å². The van der Waals surface area contributed by atoms with Crippen molar-refractivity contribution in [3.8, 4) is 0 Å². The van der Waals surface area contributed by atoms with Crippen molar-refractivity contribution in [3.05, 3.63) is 51.5 Å². The SMILES string of the molecule is NC/C=C1/C=C(Nc2ncnc3sc4c(c23)CCCC4)C(Cl)=CN1. The summed E-state index contributed by atoms with van der Waals surface area (Å²) in [6.45, 7) is 0.466. The van der Waals surface area contributed by atoms with Crippen LogP contribution in [-0.4, -0.2) is 16.5 Å². The maximum absolute atomic E-state index is 6.34. The second kappa shape index (κ2) is 6.55. The minimum atomic E-state index is 0.466. The summed E-state index contributed by atoms with van der Waals surface area (Å²) in [6, 6.07) is 0. The van der Waals surface area contributed by atoms with E-state index in [0.717, 1.165) is 40.3 Å². The van der Waals surface area contributed by atoms with Crippen molar-refractivity contribution < 1.29 is 0 Å². The van der Waals surface area contributed by atoms with Gasteiger partial charge >= 0.3 is 0 Å². The van der Waals surface area contributed by atoms with Crippen LogP contribution in [0, 0.1) is 0 Å². The number of fused-ring (bicyclic) bond motifs is 3. The van der Waals surface area contributed by atoms with E-state index < -0.39 is 0 Å². The number of hydrogen-bond donors (Lipinski definition) is 3. The molecule has 2 aromatic heterocycles. The van der Waals surface area contributed by atoms with Crippen molar-refractivity contribution in [1.82, 2.24) is 15.3 Å². The first kappa shape index (κ1) is 15.6. The van der Waals surface area contributed by atoms with Crippen LogP contribution in [0.3, 0.4) is 0 Å². The number of anilines is 1. The first-order valence-corrected chi connectivity index (χ1v) is 9.22. The average molecular weight is 360 g/mol. The molecule has 0 saturated carbocycles. The predicted octanol–water partition coefficient (Wildman–Crippen LogP) is 3.39. The molecule has 0 fully saturated rings. The first-order chi connectivity index (χ1) is 11.8. The molecular formula is C17H18ClN5S. The molecule has 2 aromatic rings. The topological polar surface area (TPSA) is 75.9 Å². The minimum absolute atomic E-state index is 0.466. The number of thiophene rings is 1. The Morgan fingerprint density at radius 3 is 3.08 bits per heavy atom. The molecule has 1 aliphatic heterocycles. The van der Waals surface area contributed by atoms with Crippen LogP contribution in [0.25, 0.3) is 10.2 Å². The number of nitrogens with one attached hydrogen (secondary N) is 2. The Hall–Kier alpha value is -1.89. The number of rotatable bonds is 3. The number of aromatic nitrogens is 2. The van der Waals surface area contributed by atoms with Crippen molar-refractivity contribution in [2.75, 3.05) is 11.9 Å². The maximum atomic E-state index is 6.34. The van der Waals surface area contributed by atoms with Crippen LogP contribution in [0.5, 0.6) is 0 Å². The van der Waals surface area contributed by atoms with Gasteiger partial charge in [0, 0.05) is 23.3 Å². The summed E-state index contributed by atoms with van der Waals surface area (Å²) in [6.07, 6.45) is 12.0. The fourth-order valence-corrected chi connectivity index (χ4v) is 4.53. The molecule has 5 nitrogen and oxygen atoms in total. The molecule has 7 heteroatoms. The lowest BCUT2D eigenvalue weighted by molar-refractivity contribution is 0.700. The third-order valence-corrected chi connectivity index (χ3v) is 5.78. The summed E-state index contributed by atoms with van der Waals surface area (Å²) in [7, 11) is 0. The van der Waals surface area contributed by atoms with Crippen LogP contribution in [0.4, 0.5) is 5.82 Å². The number of nitrogens with zero attached hydrogens (tertiary/aromatic N) is 2. The van der Waals surface area contributed by atoms with Gasteiger partial charge in [0.15, 0.2) is 0 Å². The van der Waals surface area contributed by atoms with Gasteiger partial charge in [-0.05, 0) is 43.4 Å². The van der Waals surface area contributed by atoms with Gasteiger partial charge in [0.1, 0.15) is 17.0 Å². The fraction of sp³-hybridized carbons (Fsp3) is 0.294. The van der Waals surface area contributed by atoms with Crippen molar-refractivity contribution in [2.24, 2.45) is 5.73 Å². The van der Waals surface area contributed by atoms with E-state index in [-0.39, 0.29) is 0 Å². The molecule has 0 bridgehead atoms. The molecule has 0 radical (unpaired) electrons. The lowest BCUT2D eigenvalue weighted by Crippen LogP contribution is -2.15. The molecule has 0 unspecified atom stereocenters. The Kier molecular flexibility index (Phi) is 4.26. The van der Waals surface area contributed by atoms with Crippen molar-refractivity contribution >= 4 is 39.0 Å². The van der Waals surface area contributed by atoms with Crippen LogP contribution >= 0.6 is 22.9 Å². The Morgan fingerprint density at radius 2 is 2.21 bits per heavy atom. The summed E-state index contributed by atoms with van der Waals surface area (Å²) in [5.74, 6) is 0.825. The van der Waals surface area contributed by atoms with E-state index in [1.54, 1.807) is 23.9 Å². The Morgan fingerprint density at radius 1 is 1.33 bits per heavy atom. The van der Waals surface area contributed by atoms with Gasteiger partial charge in [-0.2, -0.15) is 0 Å². The lowest BCUT2D eigenvalue weighted by Gasteiger charge is -2.17. The highest BCUT2D eigenvalue weighted by atomic mass is 35.5. The number of halogens is 1. The normalized spacial score (nSPS) is 18.8. The molecule has 24 heavy (non-hydrogen) atoms. The third-order valence-electron chi connectivity index (χ3n) is 4.26. The average Bonchev–Trinajstić information content (AvgIpc) is 2.97. The third kappa shape index (κ3) is 2.81. The standard InChI is InChI=1S/C17H18ClN5S/c18-12-8-20-10(5-6-19)7-13(12)23-16-15-11-3-1-2-4-14(11)24-17(15)22-9-21-16/h5,7-9,20H,1-4,6,19H2,(H,21,22,23)/b10-5-. The quantitative estimate of drug-likeness (QED) is 0.783. The van der Waals surface area contributed by atoms with Crippen molar-refractivity contribution in [2.45, 2.75) is 25.7 Å². The van der Waals surface area contributed by atoms with Crippen molar-refractivity contribution in [3.63, 3.8) is 0 Å². The van der Waals surface area contributed by atoms with Gasteiger partial charge in [0.05, 0.1) is 16.1 Å². The number of nitrogens with two attached hydrogens (primary N) is 1. The predicted molar refractivity (Wildman–Crippen MR) is 100.0 cm³/mol. The van der Waals surface area contributed by atoms with E-state index in [9.17, 15) is 0 Å². The lowest BCUT2D eigenvalue weighted by atomic mass is 9.97. The van der Waals surface area contributed by atoms with Gasteiger partial charge in [0.2, 0.25) is 0 Å². The largest absolute Gasteiger partial charge is 0.360 e. The van der Waals surface area contributed by atoms with E-state index in [2.05, 4.69) is 20.6 Å². The van der Waals surface area contributed by atoms with Gasteiger partial charge in [0.25, 0.3) is 0 Å². The molecule has 0 amide bonds. The maximum Gasteiger partial charge on any atom is 0.142 e. The van der Waals surface area contributed by atoms with Gasteiger partial charge in [-0.25, -0.2) is 9.97 Å². The van der Waals surface area contributed by atoms with Crippen LogP contribution in [0.2, 0.25) is 0 Å². The van der Waals surface area contributed by atoms with E-state index in [4.69, 9.17) is 17.3 Å². The van der Waals surface area contributed by atoms with E-state index in [1.807, 2.05) is 12.2 Å². The molecule has 0 spiro atoms. The molecule has 1 aliphatic carbocycles. The summed E-state index contributed by atoms with van der Waals surface area (Å²) in [5, 5.41) is 8.26. The summed E-state index contributed by atoms with van der Waals surface area (Å²) in [4.78, 5) is 11.4. The van der Waals surface area contributed by atoms with E-state index in [1.165, 1.54) is 23.3 Å². The zero-order chi connectivity index (χ0) is 16.5. The Balaban J connectivity index is 1.76. The highest BCUT2D eigenvalue weighted by Crippen LogP contribution is 2.38. The second-order valence-corrected chi connectivity index (χ2v) is 7.32. The minimum Gasteiger partial charge on any atom is -0.360 e. The van der Waals surface area contributed by atoms with E-state index >= 15 is 0 Å². The molecule has 0 aromatic carbocycles. The highest BCUT2D eigenvalue weighted by molar-refractivity contribution is 7.19. The highest BCUT2D eigenvalue weighted by Gasteiger charge is 2.21. The molecule has 0 saturated heterocycles. The molecule has 2 aliphatic rings. The smallest absolute Gasteiger partial charge is 0.142 e. The molecule has 0 atom stereocenters. The van der Waals surface area contributed by atoms with Gasteiger partial charge < -0.3 is 16.4 Å². The molecule has 124 valence electrons. The monoisotopic (exact) mass is 359 g/mol. The summed E-state index contributed by atoms with van der Waals surface area (Å²) in [5.41, 5.74) is 8.72. The van der Waals surface area contributed by atoms with Gasteiger partial charge in [-0.15, -0.1) is 11.3 Å². The van der Waals surface area contributed by atoms with E-state index in [0.29, 0.717) is 11.6 Å². The number of allylic oxidation sites excluding steroid dienone is 2. The van der Waals surface area contributed by atoms with Crippen LogP contribution in [-0.2, 0) is 12.8 Å². The Bertz CT molecular complexity index is 880. The summed E-state index contributed by atoms with van der Waals surface area (Å²) < 4.78 is 0. The van der Waals surface area contributed by atoms with Gasteiger partial charge in [-0.1, -0.05) is 11.6 Å². The zero-order valence-electron chi connectivity index (χ0n) is 13.1. The first-order valence-electron chi connectivity index (χ1n) is 8.03. The zero-order valence-corrected chi connectivity index (χ0v) is 14.7. The molecule has 4 rings (SSSR count). The van der Waals surface area contributed by atoms with Crippen LogP contribution < -0.4 is 16.4 Å². The molecule has 4 N–H and O–H groups in total. The molecular weight excluding hydrogens is 342 g/mol.